The molecule has 1 aromatic carbocycles. The molecule has 0 aliphatic heterocycles. The molecular formula is C18H21BrN4S. The van der Waals surface area contributed by atoms with Gasteiger partial charge in [-0.05, 0) is 48.2 Å². The Balaban J connectivity index is 0.00000100. The van der Waals surface area contributed by atoms with Gasteiger partial charge in [0, 0.05) is 28.6 Å². The minimum atomic E-state index is 0.634. The van der Waals surface area contributed by atoms with E-state index in [9.17, 15) is 0 Å². The lowest BCUT2D eigenvalue weighted by atomic mass is 10.1. The molecule has 0 saturated heterocycles. The molecule has 0 amide bonds. The van der Waals surface area contributed by atoms with Gasteiger partial charge in [-0.3, -0.25) is 0 Å². The van der Waals surface area contributed by atoms with Crippen LogP contribution < -0.4 is 5.32 Å². The monoisotopic (exact) mass is 404 g/mol. The molecule has 3 aromatic rings. The number of hydrogen-bond donors (Lipinski definition) is 1. The zero-order valence-corrected chi connectivity index (χ0v) is 16.8. The Kier molecular flexibility index (Phi) is 6.55. The highest BCUT2D eigenvalue weighted by Crippen LogP contribution is 2.38. The first kappa shape index (κ1) is 18.7. The summed E-state index contributed by atoms with van der Waals surface area (Å²) >= 11 is 5.26. The average Bonchev–Trinajstić information content (AvgIpc) is 2.97. The van der Waals surface area contributed by atoms with Gasteiger partial charge in [-0.1, -0.05) is 19.9 Å². The summed E-state index contributed by atoms with van der Waals surface area (Å²) in [5, 5.41) is 14.7. The number of nitrogens with zero attached hydrogens (tertiary/aromatic N) is 3. The minimum Gasteiger partial charge on any atom is -0.368 e. The van der Waals surface area contributed by atoms with E-state index in [4.69, 9.17) is 10.2 Å². The second kappa shape index (κ2) is 8.43. The van der Waals surface area contributed by atoms with E-state index in [2.05, 4.69) is 38.3 Å². The first-order valence-corrected chi connectivity index (χ1v) is 9.51. The lowest BCUT2D eigenvalue weighted by Crippen LogP contribution is -2.21. The van der Waals surface area contributed by atoms with Crippen LogP contribution in [0, 0.1) is 11.3 Å². The maximum atomic E-state index is 9.08. The van der Waals surface area contributed by atoms with E-state index >= 15 is 0 Å². The van der Waals surface area contributed by atoms with Gasteiger partial charge < -0.3 is 10.2 Å². The first-order valence-electron chi connectivity index (χ1n) is 7.90. The fraction of sp³-hybridized carbons (Fsp3) is 0.333. The standard InChI is InChI=1S/C16H15BrN4S.C2H6/c1-21(2)6-5-19-16-12-8-14(17)22-15(12)11-4-3-10(9-18)7-13(11)20-16;1-2/h3-4,7-8H,5-6H2,1-2H3,(H,19,20);1-2H3. The highest BCUT2D eigenvalue weighted by molar-refractivity contribution is 9.11. The molecule has 0 aliphatic rings. The molecule has 126 valence electrons. The molecule has 1 N–H and O–H groups in total. The molecule has 0 spiro atoms. The normalized spacial score (nSPS) is 10.5. The van der Waals surface area contributed by atoms with E-state index in [-0.39, 0.29) is 0 Å². The number of nitriles is 1. The molecule has 3 rings (SSSR count). The Morgan fingerprint density at radius 2 is 2.00 bits per heavy atom. The number of hydrogen-bond acceptors (Lipinski definition) is 5. The topological polar surface area (TPSA) is 52.0 Å². The molecule has 0 atom stereocenters. The van der Waals surface area contributed by atoms with Crippen molar-refractivity contribution in [3.05, 3.63) is 33.6 Å². The van der Waals surface area contributed by atoms with E-state index in [0.29, 0.717) is 5.56 Å². The van der Waals surface area contributed by atoms with E-state index in [0.717, 1.165) is 39.0 Å². The Labute approximate surface area is 155 Å². The van der Waals surface area contributed by atoms with Crippen molar-refractivity contribution in [3.63, 3.8) is 0 Å². The molecule has 0 aliphatic carbocycles. The Bertz CT molecular complexity index is 880. The Hall–Kier alpha value is -1.68. The van der Waals surface area contributed by atoms with Crippen molar-refractivity contribution in [2.24, 2.45) is 0 Å². The highest BCUT2D eigenvalue weighted by atomic mass is 79.9. The van der Waals surface area contributed by atoms with Crippen molar-refractivity contribution in [2.75, 3.05) is 32.5 Å². The third kappa shape index (κ3) is 4.04. The van der Waals surface area contributed by atoms with Gasteiger partial charge in [0.15, 0.2) is 0 Å². The number of thiophene rings is 1. The second-order valence-electron chi connectivity index (χ2n) is 5.33. The summed E-state index contributed by atoms with van der Waals surface area (Å²) in [6, 6.07) is 9.95. The zero-order valence-electron chi connectivity index (χ0n) is 14.4. The van der Waals surface area contributed by atoms with E-state index in [1.165, 1.54) is 4.70 Å². The third-order valence-corrected chi connectivity index (χ3v) is 5.08. The van der Waals surface area contributed by atoms with Crippen LogP contribution in [0.15, 0.2) is 28.1 Å². The minimum absolute atomic E-state index is 0.634. The second-order valence-corrected chi connectivity index (χ2v) is 7.76. The van der Waals surface area contributed by atoms with Crippen LogP contribution in [0.3, 0.4) is 0 Å². The van der Waals surface area contributed by atoms with E-state index in [1.54, 1.807) is 11.3 Å². The van der Waals surface area contributed by atoms with Gasteiger partial charge in [0.2, 0.25) is 0 Å². The fourth-order valence-electron chi connectivity index (χ4n) is 2.34. The Morgan fingerprint density at radius 3 is 2.67 bits per heavy atom. The summed E-state index contributed by atoms with van der Waals surface area (Å²) in [6.45, 7) is 5.76. The lowest BCUT2D eigenvalue weighted by molar-refractivity contribution is 0.425. The van der Waals surface area contributed by atoms with Gasteiger partial charge in [0.05, 0.1) is 20.9 Å². The smallest absolute Gasteiger partial charge is 0.135 e. The van der Waals surface area contributed by atoms with Gasteiger partial charge in [0.1, 0.15) is 5.82 Å². The third-order valence-electron chi connectivity index (χ3n) is 3.41. The highest BCUT2D eigenvalue weighted by Gasteiger charge is 2.12. The molecule has 0 radical (unpaired) electrons. The number of nitrogens with one attached hydrogen (secondary N) is 1. The summed E-state index contributed by atoms with van der Waals surface area (Å²) in [4.78, 5) is 6.85. The van der Waals surface area contributed by atoms with Crippen LogP contribution >= 0.6 is 27.3 Å². The number of pyridine rings is 1. The van der Waals surface area contributed by atoms with Crippen molar-refractivity contribution in [2.45, 2.75) is 13.8 Å². The molecule has 2 heterocycles. The average molecular weight is 405 g/mol. The summed E-state index contributed by atoms with van der Waals surface area (Å²) in [6.07, 6.45) is 0. The SMILES string of the molecule is CC.CN(C)CCNc1nc2cc(C#N)ccc2c2sc(Br)cc12. The number of halogens is 1. The fourth-order valence-corrected chi connectivity index (χ4v) is 3.97. The molecule has 6 heteroatoms. The molecule has 4 nitrogen and oxygen atoms in total. The Morgan fingerprint density at radius 1 is 1.25 bits per heavy atom. The van der Waals surface area contributed by atoms with Crippen LogP contribution in [0.4, 0.5) is 5.82 Å². The van der Waals surface area contributed by atoms with E-state index < -0.39 is 0 Å². The van der Waals surface area contributed by atoms with Crippen molar-refractivity contribution >= 4 is 54.1 Å². The van der Waals surface area contributed by atoms with Gasteiger partial charge >= 0.3 is 0 Å². The quantitative estimate of drug-likeness (QED) is 0.658. The predicted octanol–water partition coefficient (Wildman–Crippen LogP) is 5.08. The molecule has 0 unspecified atom stereocenters. The van der Waals surface area contributed by atoms with Gasteiger partial charge in [-0.25, -0.2) is 4.98 Å². The zero-order chi connectivity index (χ0) is 17.7. The van der Waals surface area contributed by atoms with E-state index in [1.807, 2.05) is 46.1 Å². The van der Waals surface area contributed by atoms with Crippen molar-refractivity contribution in [3.8, 4) is 6.07 Å². The van der Waals surface area contributed by atoms with Crippen molar-refractivity contribution in [1.29, 1.82) is 5.26 Å². The number of benzene rings is 1. The molecule has 2 aromatic heterocycles. The molecule has 0 saturated carbocycles. The molecular weight excluding hydrogens is 384 g/mol. The van der Waals surface area contributed by atoms with Crippen molar-refractivity contribution < 1.29 is 0 Å². The lowest BCUT2D eigenvalue weighted by Gasteiger charge is -2.12. The number of anilines is 1. The van der Waals surface area contributed by atoms with Crippen molar-refractivity contribution in [1.82, 2.24) is 9.88 Å². The number of aromatic nitrogens is 1. The van der Waals surface area contributed by atoms with Crippen LogP contribution in [0.1, 0.15) is 19.4 Å². The summed E-state index contributed by atoms with van der Waals surface area (Å²) in [5.41, 5.74) is 1.49. The number of rotatable bonds is 4. The maximum Gasteiger partial charge on any atom is 0.135 e. The predicted molar refractivity (Wildman–Crippen MR) is 108 cm³/mol. The summed E-state index contributed by atoms with van der Waals surface area (Å²) in [7, 11) is 4.09. The van der Waals surface area contributed by atoms with Crippen LogP contribution in [0.25, 0.3) is 21.0 Å². The summed E-state index contributed by atoms with van der Waals surface area (Å²) in [5.74, 6) is 0.876. The van der Waals surface area contributed by atoms with Crippen LogP contribution in [0.5, 0.6) is 0 Å². The number of likely N-dealkylation sites (N-methyl/N-ethyl adjacent to an activating group) is 1. The van der Waals surface area contributed by atoms with Gasteiger partial charge in [0.25, 0.3) is 0 Å². The van der Waals surface area contributed by atoms with Crippen LogP contribution in [0.2, 0.25) is 0 Å². The van der Waals surface area contributed by atoms with Gasteiger partial charge in [-0.15, -0.1) is 11.3 Å². The molecule has 0 fully saturated rings. The van der Waals surface area contributed by atoms with Crippen LogP contribution in [-0.2, 0) is 0 Å². The first-order chi connectivity index (χ1) is 11.6. The largest absolute Gasteiger partial charge is 0.368 e. The van der Waals surface area contributed by atoms with Crippen LogP contribution in [-0.4, -0.2) is 37.1 Å². The summed E-state index contributed by atoms with van der Waals surface area (Å²) < 4.78 is 2.27. The van der Waals surface area contributed by atoms with Gasteiger partial charge in [-0.2, -0.15) is 5.26 Å². The number of fused-ring (bicyclic) bond motifs is 3. The molecule has 0 bridgehead atoms. The molecule has 24 heavy (non-hydrogen) atoms. The maximum absolute atomic E-state index is 9.08.